The summed E-state index contributed by atoms with van der Waals surface area (Å²) in [4.78, 5) is 18.6. The summed E-state index contributed by atoms with van der Waals surface area (Å²) in [6, 6.07) is 7.16. The molecular formula is C17H22N4O3. The van der Waals surface area contributed by atoms with E-state index in [0.717, 1.165) is 24.2 Å². The number of amides is 1. The van der Waals surface area contributed by atoms with Gasteiger partial charge in [-0.05, 0) is 37.5 Å². The van der Waals surface area contributed by atoms with Gasteiger partial charge in [0, 0.05) is 19.0 Å². The van der Waals surface area contributed by atoms with Crippen LogP contribution in [0.5, 0.6) is 5.75 Å². The third kappa shape index (κ3) is 3.73. The molecule has 2 heterocycles. The zero-order chi connectivity index (χ0) is 16.9. The first-order valence-electron chi connectivity index (χ1n) is 8.18. The van der Waals surface area contributed by atoms with E-state index in [1.807, 2.05) is 11.0 Å². The predicted octanol–water partition coefficient (Wildman–Crippen LogP) is 1.47. The Kier molecular flexibility index (Phi) is 5.10. The van der Waals surface area contributed by atoms with Gasteiger partial charge >= 0.3 is 0 Å². The van der Waals surface area contributed by atoms with Crippen LogP contribution in [-0.2, 0) is 11.4 Å². The minimum absolute atomic E-state index is 0.0135. The van der Waals surface area contributed by atoms with Gasteiger partial charge in [-0.3, -0.25) is 9.89 Å². The second-order valence-electron chi connectivity index (χ2n) is 6.04. The average Bonchev–Trinajstić information content (AvgIpc) is 3.16. The number of hydrogen-bond acceptors (Lipinski definition) is 5. The van der Waals surface area contributed by atoms with Crippen molar-refractivity contribution in [2.75, 3.05) is 13.1 Å². The number of piperidine rings is 1. The average molecular weight is 330 g/mol. The molecule has 0 bridgehead atoms. The molecule has 1 aliphatic rings. The van der Waals surface area contributed by atoms with Crippen molar-refractivity contribution in [3.63, 3.8) is 0 Å². The number of hydrogen-bond donors (Lipinski definition) is 2. The lowest BCUT2D eigenvalue weighted by molar-refractivity contribution is -0.139. The van der Waals surface area contributed by atoms with Crippen LogP contribution in [0.3, 0.4) is 0 Å². The maximum atomic E-state index is 12.6. The van der Waals surface area contributed by atoms with Crippen LogP contribution in [0.25, 0.3) is 0 Å². The fourth-order valence-electron chi connectivity index (χ4n) is 3.01. The second-order valence-corrected chi connectivity index (χ2v) is 6.04. The maximum Gasteiger partial charge on any atom is 0.263 e. The van der Waals surface area contributed by atoms with Gasteiger partial charge in [0.1, 0.15) is 17.9 Å². The van der Waals surface area contributed by atoms with Crippen LogP contribution in [0, 0.1) is 0 Å². The van der Waals surface area contributed by atoms with Crippen LogP contribution in [-0.4, -0.2) is 50.3 Å². The summed E-state index contributed by atoms with van der Waals surface area (Å²) in [6.45, 7) is 3.09. The Balaban J connectivity index is 1.54. The standard InChI is InChI=1S/C17H22N4O3/c1-12(24-15-4-2-3-13(9-15)10-22)17(23)21-7-5-14(6-8-21)16-18-11-19-20-16/h2-4,9,11-12,14,22H,5-8,10H2,1H3,(H,18,19,20). The molecule has 1 amide bonds. The number of aliphatic hydroxyl groups excluding tert-OH is 1. The van der Waals surface area contributed by atoms with Crippen molar-refractivity contribution < 1.29 is 14.6 Å². The largest absolute Gasteiger partial charge is 0.481 e. The Morgan fingerprint density at radius 3 is 2.92 bits per heavy atom. The summed E-state index contributed by atoms with van der Waals surface area (Å²) in [5, 5.41) is 16.0. The van der Waals surface area contributed by atoms with Crippen LogP contribution < -0.4 is 4.74 Å². The van der Waals surface area contributed by atoms with Gasteiger partial charge in [-0.25, -0.2) is 4.98 Å². The number of nitrogens with one attached hydrogen (secondary N) is 1. The van der Waals surface area contributed by atoms with Crippen LogP contribution in [0.4, 0.5) is 0 Å². The highest BCUT2D eigenvalue weighted by atomic mass is 16.5. The van der Waals surface area contributed by atoms with E-state index in [2.05, 4.69) is 15.2 Å². The van der Waals surface area contributed by atoms with Gasteiger partial charge < -0.3 is 14.7 Å². The first kappa shape index (κ1) is 16.4. The molecule has 3 rings (SSSR count). The minimum atomic E-state index is -0.555. The molecule has 0 aliphatic carbocycles. The third-order valence-electron chi connectivity index (χ3n) is 4.37. The minimum Gasteiger partial charge on any atom is -0.481 e. The lowest BCUT2D eigenvalue weighted by Gasteiger charge is -2.32. The zero-order valence-corrected chi connectivity index (χ0v) is 13.7. The highest BCUT2D eigenvalue weighted by Gasteiger charge is 2.28. The van der Waals surface area contributed by atoms with Crippen molar-refractivity contribution in [1.82, 2.24) is 20.1 Å². The van der Waals surface area contributed by atoms with Gasteiger partial charge in [0.15, 0.2) is 6.10 Å². The number of aromatic amines is 1. The van der Waals surface area contributed by atoms with Gasteiger partial charge in [-0.2, -0.15) is 5.10 Å². The molecule has 0 spiro atoms. The number of aliphatic hydroxyl groups is 1. The third-order valence-corrected chi connectivity index (χ3v) is 4.37. The van der Waals surface area contributed by atoms with Crippen molar-refractivity contribution >= 4 is 5.91 Å². The summed E-state index contributed by atoms with van der Waals surface area (Å²) in [6.07, 6.45) is 2.70. The molecule has 1 saturated heterocycles. The van der Waals surface area contributed by atoms with E-state index in [9.17, 15) is 4.79 Å². The Labute approximate surface area is 140 Å². The van der Waals surface area contributed by atoms with Crippen molar-refractivity contribution in [3.05, 3.63) is 42.0 Å². The number of aromatic nitrogens is 3. The molecular weight excluding hydrogens is 308 g/mol. The first-order chi connectivity index (χ1) is 11.7. The maximum absolute atomic E-state index is 12.6. The molecule has 1 aromatic heterocycles. The summed E-state index contributed by atoms with van der Waals surface area (Å²) < 4.78 is 5.74. The normalized spacial score (nSPS) is 16.8. The van der Waals surface area contributed by atoms with Gasteiger partial charge in [-0.1, -0.05) is 12.1 Å². The zero-order valence-electron chi connectivity index (χ0n) is 13.7. The molecule has 2 aromatic rings. The van der Waals surface area contributed by atoms with E-state index >= 15 is 0 Å². The number of carbonyl (C=O) groups excluding carboxylic acids is 1. The molecule has 1 fully saturated rings. The Morgan fingerprint density at radius 1 is 1.46 bits per heavy atom. The van der Waals surface area contributed by atoms with Gasteiger partial charge in [0.25, 0.3) is 5.91 Å². The molecule has 0 saturated carbocycles. The lowest BCUT2D eigenvalue weighted by atomic mass is 9.96. The second kappa shape index (κ2) is 7.44. The predicted molar refractivity (Wildman–Crippen MR) is 87.4 cm³/mol. The number of likely N-dealkylation sites (tertiary alicyclic amines) is 1. The van der Waals surface area contributed by atoms with Gasteiger partial charge in [-0.15, -0.1) is 0 Å². The van der Waals surface area contributed by atoms with Crippen LogP contribution >= 0.6 is 0 Å². The Bertz CT molecular complexity index is 666. The lowest BCUT2D eigenvalue weighted by Crippen LogP contribution is -2.44. The number of carbonyl (C=O) groups is 1. The van der Waals surface area contributed by atoms with Gasteiger partial charge in [0.05, 0.1) is 6.61 Å². The quantitative estimate of drug-likeness (QED) is 0.866. The highest BCUT2D eigenvalue weighted by molar-refractivity contribution is 5.81. The van der Waals surface area contributed by atoms with E-state index in [0.29, 0.717) is 24.8 Å². The van der Waals surface area contributed by atoms with E-state index in [4.69, 9.17) is 9.84 Å². The van der Waals surface area contributed by atoms with Crippen molar-refractivity contribution in [1.29, 1.82) is 0 Å². The van der Waals surface area contributed by atoms with E-state index in [1.54, 1.807) is 25.1 Å². The molecule has 128 valence electrons. The number of benzene rings is 1. The molecule has 24 heavy (non-hydrogen) atoms. The fourth-order valence-corrected chi connectivity index (χ4v) is 3.01. The first-order valence-corrected chi connectivity index (χ1v) is 8.18. The van der Waals surface area contributed by atoms with Crippen LogP contribution in [0.15, 0.2) is 30.6 Å². The smallest absolute Gasteiger partial charge is 0.263 e. The summed E-state index contributed by atoms with van der Waals surface area (Å²) in [7, 11) is 0. The summed E-state index contributed by atoms with van der Waals surface area (Å²) in [5.74, 6) is 1.81. The molecule has 1 atom stereocenters. The SMILES string of the molecule is CC(Oc1cccc(CO)c1)C(=O)N1CCC(c2ncn[nH]2)CC1. The number of nitrogens with zero attached hydrogens (tertiary/aromatic N) is 3. The Morgan fingerprint density at radius 2 is 2.25 bits per heavy atom. The molecule has 1 aliphatic heterocycles. The molecule has 7 nitrogen and oxygen atoms in total. The molecule has 0 radical (unpaired) electrons. The van der Waals surface area contributed by atoms with Crippen LogP contribution in [0.1, 0.15) is 37.1 Å². The summed E-state index contributed by atoms with van der Waals surface area (Å²) >= 11 is 0. The van der Waals surface area contributed by atoms with E-state index in [-0.39, 0.29) is 12.5 Å². The van der Waals surface area contributed by atoms with Crippen molar-refractivity contribution in [2.24, 2.45) is 0 Å². The monoisotopic (exact) mass is 330 g/mol. The van der Waals surface area contributed by atoms with Crippen molar-refractivity contribution in [3.8, 4) is 5.75 Å². The van der Waals surface area contributed by atoms with Crippen molar-refractivity contribution in [2.45, 2.75) is 38.4 Å². The Hall–Kier alpha value is -2.41. The molecule has 7 heteroatoms. The molecule has 1 aromatic carbocycles. The van der Waals surface area contributed by atoms with Crippen LogP contribution in [0.2, 0.25) is 0 Å². The molecule has 2 N–H and O–H groups in total. The van der Waals surface area contributed by atoms with E-state index < -0.39 is 6.10 Å². The van der Waals surface area contributed by atoms with E-state index in [1.165, 1.54) is 6.33 Å². The number of rotatable bonds is 5. The highest BCUT2D eigenvalue weighted by Crippen LogP contribution is 2.25. The number of ether oxygens (including phenoxy) is 1. The fraction of sp³-hybridized carbons (Fsp3) is 0.471. The topological polar surface area (TPSA) is 91.3 Å². The molecule has 1 unspecified atom stereocenters. The summed E-state index contributed by atoms with van der Waals surface area (Å²) in [5.41, 5.74) is 0.764. The van der Waals surface area contributed by atoms with Gasteiger partial charge in [0.2, 0.25) is 0 Å². The number of H-pyrrole nitrogens is 1.